The lowest BCUT2D eigenvalue weighted by Gasteiger charge is -2.34. The minimum atomic E-state index is -3.47. The van der Waals surface area contributed by atoms with E-state index < -0.39 is 10.2 Å². The summed E-state index contributed by atoms with van der Waals surface area (Å²) in [6.45, 7) is 6.10. The summed E-state index contributed by atoms with van der Waals surface area (Å²) in [4.78, 5) is 0. The number of benzene rings is 1. The highest BCUT2D eigenvalue weighted by Crippen LogP contribution is 2.24. The molecule has 9 heteroatoms. The zero-order chi connectivity index (χ0) is 20.0. The van der Waals surface area contributed by atoms with Crippen molar-refractivity contribution in [3.8, 4) is 5.75 Å². The van der Waals surface area contributed by atoms with Gasteiger partial charge in [0.2, 0.25) is 0 Å². The molecule has 0 bridgehead atoms. The number of morpholine rings is 1. The Kier molecular flexibility index (Phi) is 7.06. The van der Waals surface area contributed by atoms with E-state index in [0.29, 0.717) is 45.0 Å². The summed E-state index contributed by atoms with van der Waals surface area (Å²) in [6, 6.07) is 11.6. The van der Waals surface area contributed by atoms with Crippen LogP contribution in [0.4, 0.5) is 0 Å². The van der Waals surface area contributed by atoms with Crippen LogP contribution >= 0.6 is 0 Å². The first kappa shape index (κ1) is 20.8. The van der Waals surface area contributed by atoms with Crippen LogP contribution in [0.15, 0.2) is 36.4 Å². The van der Waals surface area contributed by atoms with Crippen molar-refractivity contribution in [2.75, 3.05) is 39.4 Å². The third-order valence-electron chi connectivity index (χ3n) is 4.75. The third-order valence-corrected chi connectivity index (χ3v) is 6.90. The smallest absolute Gasteiger partial charge is 0.282 e. The summed E-state index contributed by atoms with van der Waals surface area (Å²) in [5.41, 5.74) is 1.65. The van der Waals surface area contributed by atoms with Gasteiger partial charge in [-0.25, -0.2) is 0 Å². The number of aromatic nitrogens is 2. The molecular formula is C19H28N4O4S. The summed E-state index contributed by atoms with van der Waals surface area (Å²) in [5.74, 6) is 0.829. The molecule has 0 amide bonds. The maximum absolute atomic E-state index is 12.8. The normalized spacial score (nSPS) is 18.5. The summed E-state index contributed by atoms with van der Waals surface area (Å²) >= 11 is 0. The molecule has 0 radical (unpaired) electrons. The van der Waals surface area contributed by atoms with E-state index in [9.17, 15) is 8.42 Å². The minimum Gasteiger partial charge on any atom is -0.493 e. The van der Waals surface area contributed by atoms with Crippen LogP contribution in [0.5, 0.6) is 5.75 Å². The standard InChI is InChI=1S/C19H28N4O4S/c1-3-22(4-2)28(24,25)23-11-13-27-19(15-23)18-14-16(20-21-18)10-12-26-17-8-6-5-7-9-17/h5-9,14,19H,3-4,10-13,15H2,1-2H3,(H,20,21)/t19-/m0/s1. The Balaban J connectivity index is 1.58. The quantitative estimate of drug-likeness (QED) is 0.686. The van der Waals surface area contributed by atoms with Crippen LogP contribution in [0.2, 0.25) is 0 Å². The highest BCUT2D eigenvalue weighted by molar-refractivity contribution is 7.86. The first-order valence-corrected chi connectivity index (χ1v) is 11.0. The average Bonchev–Trinajstić information content (AvgIpc) is 3.19. The van der Waals surface area contributed by atoms with Crippen LogP contribution in [-0.2, 0) is 21.4 Å². The minimum absolute atomic E-state index is 0.268. The van der Waals surface area contributed by atoms with E-state index in [-0.39, 0.29) is 12.6 Å². The molecule has 1 aliphatic heterocycles. The van der Waals surface area contributed by atoms with E-state index in [4.69, 9.17) is 9.47 Å². The van der Waals surface area contributed by atoms with Gasteiger partial charge in [0.15, 0.2) is 0 Å². The number of H-pyrrole nitrogens is 1. The Labute approximate surface area is 166 Å². The topological polar surface area (TPSA) is 87.8 Å². The zero-order valence-corrected chi connectivity index (χ0v) is 17.2. The van der Waals surface area contributed by atoms with Crippen LogP contribution in [0, 0.1) is 0 Å². The SMILES string of the molecule is CCN(CC)S(=O)(=O)N1CCO[C@H](c2cc(CCOc3ccccc3)[nH]n2)C1. The summed E-state index contributed by atoms with van der Waals surface area (Å²) in [7, 11) is -3.47. The third kappa shape index (κ3) is 4.91. The highest BCUT2D eigenvalue weighted by Gasteiger charge is 2.34. The van der Waals surface area contributed by atoms with E-state index in [2.05, 4.69) is 10.2 Å². The van der Waals surface area contributed by atoms with E-state index >= 15 is 0 Å². The van der Waals surface area contributed by atoms with Crippen molar-refractivity contribution in [3.05, 3.63) is 47.8 Å². The molecule has 1 aliphatic rings. The number of hydrogen-bond acceptors (Lipinski definition) is 5. The molecule has 2 heterocycles. The molecule has 2 aromatic rings. The van der Waals surface area contributed by atoms with Crippen molar-refractivity contribution in [3.63, 3.8) is 0 Å². The Morgan fingerprint density at radius 1 is 1.29 bits per heavy atom. The molecule has 0 unspecified atom stereocenters. The molecule has 1 atom stereocenters. The van der Waals surface area contributed by atoms with E-state index in [1.807, 2.05) is 50.2 Å². The molecule has 1 aromatic heterocycles. The van der Waals surface area contributed by atoms with Crippen LogP contribution in [0.3, 0.4) is 0 Å². The fourth-order valence-corrected chi connectivity index (χ4v) is 4.80. The monoisotopic (exact) mass is 408 g/mol. The van der Waals surface area contributed by atoms with Gasteiger partial charge >= 0.3 is 0 Å². The number of ether oxygens (including phenoxy) is 2. The second-order valence-electron chi connectivity index (χ2n) is 6.54. The molecule has 1 N–H and O–H groups in total. The Hall–Kier alpha value is -1.94. The maximum Gasteiger partial charge on any atom is 0.282 e. The molecule has 1 aromatic carbocycles. The lowest BCUT2D eigenvalue weighted by Crippen LogP contribution is -2.49. The molecule has 1 saturated heterocycles. The lowest BCUT2D eigenvalue weighted by molar-refractivity contribution is -0.00661. The number of aromatic amines is 1. The molecule has 0 spiro atoms. The lowest BCUT2D eigenvalue weighted by atomic mass is 10.2. The first-order chi connectivity index (χ1) is 13.5. The van der Waals surface area contributed by atoms with Gasteiger partial charge in [-0.3, -0.25) is 5.10 Å². The van der Waals surface area contributed by atoms with E-state index in [1.54, 1.807) is 0 Å². The van der Waals surface area contributed by atoms with Gasteiger partial charge in [-0.1, -0.05) is 32.0 Å². The van der Waals surface area contributed by atoms with E-state index in [0.717, 1.165) is 11.4 Å². The van der Waals surface area contributed by atoms with Crippen molar-refractivity contribution in [1.29, 1.82) is 0 Å². The number of nitrogens with zero attached hydrogens (tertiary/aromatic N) is 3. The van der Waals surface area contributed by atoms with Crippen LogP contribution in [0.25, 0.3) is 0 Å². The Morgan fingerprint density at radius 2 is 2.04 bits per heavy atom. The summed E-state index contributed by atoms with van der Waals surface area (Å²) < 4.78 is 40.0. The van der Waals surface area contributed by atoms with Crippen molar-refractivity contribution in [2.24, 2.45) is 0 Å². The first-order valence-electron chi connectivity index (χ1n) is 9.63. The predicted octanol–water partition coefficient (Wildman–Crippen LogP) is 1.99. The highest BCUT2D eigenvalue weighted by atomic mass is 32.2. The molecule has 0 saturated carbocycles. The Bertz CT molecular complexity index is 837. The van der Waals surface area contributed by atoms with Gasteiger partial charge in [0.1, 0.15) is 11.9 Å². The average molecular weight is 409 g/mol. The second-order valence-corrected chi connectivity index (χ2v) is 8.47. The van der Waals surface area contributed by atoms with Crippen molar-refractivity contribution in [2.45, 2.75) is 26.4 Å². The van der Waals surface area contributed by atoms with Crippen LogP contribution in [0.1, 0.15) is 31.3 Å². The second kappa shape index (κ2) is 9.51. The van der Waals surface area contributed by atoms with Crippen LogP contribution in [-0.4, -0.2) is 66.6 Å². The molecular weight excluding hydrogens is 380 g/mol. The maximum atomic E-state index is 12.8. The van der Waals surface area contributed by atoms with Crippen molar-refractivity contribution >= 4 is 10.2 Å². The summed E-state index contributed by atoms with van der Waals surface area (Å²) in [5, 5.41) is 7.33. The number of nitrogens with one attached hydrogen (secondary N) is 1. The fraction of sp³-hybridized carbons (Fsp3) is 0.526. The molecule has 0 aliphatic carbocycles. The van der Waals surface area contributed by atoms with Gasteiger partial charge in [0.25, 0.3) is 10.2 Å². The molecule has 8 nitrogen and oxygen atoms in total. The number of para-hydroxylation sites is 1. The van der Waals surface area contributed by atoms with Gasteiger partial charge in [0, 0.05) is 38.3 Å². The van der Waals surface area contributed by atoms with Crippen molar-refractivity contribution < 1.29 is 17.9 Å². The summed E-state index contributed by atoms with van der Waals surface area (Å²) in [6.07, 6.45) is 0.301. The molecule has 3 rings (SSSR count). The fourth-order valence-electron chi connectivity index (χ4n) is 3.20. The zero-order valence-electron chi connectivity index (χ0n) is 16.4. The van der Waals surface area contributed by atoms with Gasteiger partial charge in [-0.15, -0.1) is 0 Å². The molecule has 1 fully saturated rings. The van der Waals surface area contributed by atoms with Gasteiger partial charge in [-0.2, -0.15) is 22.1 Å². The predicted molar refractivity (Wildman–Crippen MR) is 106 cm³/mol. The molecule has 154 valence electrons. The molecule has 28 heavy (non-hydrogen) atoms. The Morgan fingerprint density at radius 3 is 2.75 bits per heavy atom. The largest absolute Gasteiger partial charge is 0.493 e. The number of rotatable bonds is 9. The van der Waals surface area contributed by atoms with Gasteiger partial charge in [-0.05, 0) is 18.2 Å². The van der Waals surface area contributed by atoms with Crippen molar-refractivity contribution in [1.82, 2.24) is 18.8 Å². The van der Waals surface area contributed by atoms with E-state index in [1.165, 1.54) is 8.61 Å². The van der Waals surface area contributed by atoms with Crippen LogP contribution < -0.4 is 4.74 Å². The number of hydrogen-bond donors (Lipinski definition) is 1. The van der Waals surface area contributed by atoms with Gasteiger partial charge < -0.3 is 9.47 Å². The van der Waals surface area contributed by atoms with Gasteiger partial charge in [0.05, 0.1) is 18.9 Å².